The number of benzene rings is 1. The maximum Gasteiger partial charge on any atom is 0.0621 e. The molecule has 0 amide bonds. The third-order valence-corrected chi connectivity index (χ3v) is 4.39. The van der Waals surface area contributed by atoms with Gasteiger partial charge in [0.2, 0.25) is 0 Å². The van der Waals surface area contributed by atoms with E-state index in [1.165, 1.54) is 16.5 Å². The Morgan fingerprint density at radius 2 is 2.22 bits per heavy atom. The first-order chi connectivity index (χ1) is 8.57. The lowest BCUT2D eigenvalue weighted by Gasteiger charge is -2.49. The summed E-state index contributed by atoms with van der Waals surface area (Å²) in [6, 6.07) is 8.98. The minimum absolute atomic E-state index is 0.00180. The molecule has 1 heterocycles. The standard InChI is InChI=1S/C15H20N2O/c1-15(2)13(8-14(15)18)17-9-10-3-4-12-11(7-10)5-6-16-12/h3-7,13-14,16-18H,8-9H2,1-2H3. The first-order valence-electron chi connectivity index (χ1n) is 6.55. The average Bonchev–Trinajstić information content (AvgIpc) is 2.81. The summed E-state index contributed by atoms with van der Waals surface area (Å²) in [4.78, 5) is 3.20. The van der Waals surface area contributed by atoms with Crippen molar-refractivity contribution in [3.8, 4) is 0 Å². The highest BCUT2D eigenvalue weighted by molar-refractivity contribution is 5.79. The summed E-state index contributed by atoms with van der Waals surface area (Å²) in [6.45, 7) is 5.10. The summed E-state index contributed by atoms with van der Waals surface area (Å²) in [6.07, 6.45) is 2.66. The van der Waals surface area contributed by atoms with Crippen molar-refractivity contribution in [1.82, 2.24) is 10.3 Å². The summed E-state index contributed by atoms with van der Waals surface area (Å²) in [7, 11) is 0. The normalized spacial score (nSPS) is 26.2. The second-order valence-electron chi connectivity index (χ2n) is 5.91. The third kappa shape index (κ3) is 1.84. The molecule has 0 saturated heterocycles. The van der Waals surface area contributed by atoms with Crippen LogP contribution in [0.4, 0.5) is 0 Å². The Labute approximate surface area is 107 Å². The second-order valence-corrected chi connectivity index (χ2v) is 5.91. The smallest absolute Gasteiger partial charge is 0.0621 e. The maximum absolute atomic E-state index is 9.71. The summed E-state index contributed by atoms with van der Waals surface area (Å²) < 4.78 is 0. The summed E-state index contributed by atoms with van der Waals surface area (Å²) in [5.74, 6) is 0. The van der Waals surface area contributed by atoms with Gasteiger partial charge in [-0.15, -0.1) is 0 Å². The first kappa shape index (κ1) is 11.8. The molecule has 2 unspecified atom stereocenters. The fourth-order valence-electron chi connectivity index (χ4n) is 2.70. The highest BCUT2D eigenvalue weighted by atomic mass is 16.3. The number of fused-ring (bicyclic) bond motifs is 1. The summed E-state index contributed by atoms with van der Waals surface area (Å²) >= 11 is 0. The molecule has 1 aliphatic carbocycles. The summed E-state index contributed by atoms with van der Waals surface area (Å²) in [5, 5.41) is 14.5. The highest BCUT2D eigenvalue weighted by Crippen LogP contribution is 2.40. The van der Waals surface area contributed by atoms with Crippen molar-refractivity contribution in [3.63, 3.8) is 0 Å². The lowest BCUT2D eigenvalue weighted by atomic mass is 9.64. The lowest BCUT2D eigenvalue weighted by Crippen LogP contribution is -2.59. The molecule has 0 radical (unpaired) electrons. The fourth-order valence-corrected chi connectivity index (χ4v) is 2.70. The molecule has 1 saturated carbocycles. The van der Waals surface area contributed by atoms with Gasteiger partial charge in [0.1, 0.15) is 0 Å². The van der Waals surface area contributed by atoms with Gasteiger partial charge in [0.05, 0.1) is 6.10 Å². The van der Waals surface area contributed by atoms with Gasteiger partial charge < -0.3 is 15.4 Å². The molecule has 0 aliphatic heterocycles. The van der Waals surface area contributed by atoms with Crippen LogP contribution in [0.2, 0.25) is 0 Å². The Kier molecular flexibility index (Phi) is 2.68. The molecule has 1 aromatic carbocycles. The van der Waals surface area contributed by atoms with Crippen LogP contribution in [-0.2, 0) is 6.54 Å². The number of hydrogen-bond donors (Lipinski definition) is 3. The molecule has 1 aliphatic rings. The quantitative estimate of drug-likeness (QED) is 0.776. The molecular formula is C15H20N2O. The Morgan fingerprint density at radius 1 is 1.39 bits per heavy atom. The van der Waals surface area contributed by atoms with Gasteiger partial charge in [-0.3, -0.25) is 0 Å². The van der Waals surface area contributed by atoms with Gasteiger partial charge in [0.25, 0.3) is 0 Å². The number of nitrogens with one attached hydrogen (secondary N) is 2. The van der Waals surface area contributed by atoms with E-state index in [1.54, 1.807) is 0 Å². The number of aromatic nitrogens is 1. The number of hydrogen-bond acceptors (Lipinski definition) is 2. The number of aromatic amines is 1. The van der Waals surface area contributed by atoms with Gasteiger partial charge in [0, 0.05) is 29.7 Å². The Hall–Kier alpha value is -1.32. The molecule has 1 aromatic heterocycles. The van der Waals surface area contributed by atoms with Gasteiger partial charge in [-0.05, 0) is 35.6 Å². The number of aliphatic hydroxyl groups excluding tert-OH is 1. The molecule has 2 aromatic rings. The average molecular weight is 244 g/mol. The minimum Gasteiger partial charge on any atom is -0.392 e. The van der Waals surface area contributed by atoms with E-state index in [0.717, 1.165) is 13.0 Å². The van der Waals surface area contributed by atoms with Crippen LogP contribution in [0.3, 0.4) is 0 Å². The molecule has 1 fully saturated rings. The Balaban J connectivity index is 1.66. The van der Waals surface area contributed by atoms with Gasteiger partial charge in [-0.2, -0.15) is 0 Å². The van der Waals surface area contributed by atoms with E-state index < -0.39 is 0 Å². The predicted octanol–water partition coefficient (Wildman–Crippen LogP) is 2.42. The van der Waals surface area contributed by atoms with E-state index >= 15 is 0 Å². The van der Waals surface area contributed by atoms with Crippen LogP contribution < -0.4 is 5.32 Å². The van der Waals surface area contributed by atoms with E-state index in [0.29, 0.717) is 6.04 Å². The van der Waals surface area contributed by atoms with Gasteiger partial charge in [-0.1, -0.05) is 19.9 Å². The van der Waals surface area contributed by atoms with Crippen molar-refractivity contribution in [2.75, 3.05) is 0 Å². The van der Waals surface area contributed by atoms with Gasteiger partial charge in [0.15, 0.2) is 0 Å². The topological polar surface area (TPSA) is 48.0 Å². The largest absolute Gasteiger partial charge is 0.392 e. The van der Waals surface area contributed by atoms with Crippen molar-refractivity contribution in [2.45, 2.75) is 39.0 Å². The van der Waals surface area contributed by atoms with Crippen LogP contribution >= 0.6 is 0 Å². The molecular weight excluding hydrogens is 224 g/mol. The van der Waals surface area contributed by atoms with E-state index in [1.807, 2.05) is 6.20 Å². The van der Waals surface area contributed by atoms with Crippen LogP contribution in [-0.4, -0.2) is 22.2 Å². The predicted molar refractivity (Wildman–Crippen MR) is 73.3 cm³/mol. The minimum atomic E-state index is -0.165. The molecule has 3 heteroatoms. The third-order valence-electron chi connectivity index (χ3n) is 4.39. The van der Waals surface area contributed by atoms with Crippen molar-refractivity contribution < 1.29 is 5.11 Å². The van der Waals surface area contributed by atoms with Crippen LogP contribution in [0.1, 0.15) is 25.8 Å². The molecule has 18 heavy (non-hydrogen) atoms. The molecule has 2 atom stereocenters. The molecule has 3 nitrogen and oxygen atoms in total. The van der Waals surface area contributed by atoms with Gasteiger partial charge >= 0.3 is 0 Å². The van der Waals surface area contributed by atoms with E-state index in [2.05, 4.69) is 48.4 Å². The zero-order valence-electron chi connectivity index (χ0n) is 10.9. The number of H-pyrrole nitrogens is 1. The second kappa shape index (κ2) is 4.11. The monoisotopic (exact) mass is 244 g/mol. The van der Waals surface area contributed by atoms with Crippen molar-refractivity contribution in [1.29, 1.82) is 0 Å². The molecule has 0 bridgehead atoms. The van der Waals surface area contributed by atoms with Gasteiger partial charge in [-0.25, -0.2) is 0 Å². The SMILES string of the molecule is CC1(C)C(O)CC1NCc1ccc2[nH]ccc2c1. The number of aliphatic hydroxyl groups is 1. The van der Waals surface area contributed by atoms with Crippen molar-refractivity contribution in [3.05, 3.63) is 36.0 Å². The molecule has 0 spiro atoms. The number of rotatable bonds is 3. The molecule has 3 rings (SSSR count). The zero-order chi connectivity index (χ0) is 12.8. The molecule has 3 N–H and O–H groups in total. The Morgan fingerprint density at radius 3 is 2.94 bits per heavy atom. The Bertz CT molecular complexity index is 558. The van der Waals surface area contributed by atoms with Crippen LogP contribution in [0.25, 0.3) is 10.9 Å². The van der Waals surface area contributed by atoms with Crippen LogP contribution in [0, 0.1) is 5.41 Å². The summed E-state index contributed by atoms with van der Waals surface area (Å²) in [5.41, 5.74) is 2.47. The first-order valence-corrected chi connectivity index (χ1v) is 6.55. The zero-order valence-corrected chi connectivity index (χ0v) is 10.9. The van der Waals surface area contributed by atoms with E-state index in [4.69, 9.17) is 0 Å². The maximum atomic E-state index is 9.71. The van der Waals surface area contributed by atoms with E-state index in [9.17, 15) is 5.11 Å². The van der Waals surface area contributed by atoms with E-state index in [-0.39, 0.29) is 11.5 Å². The van der Waals surface area contributed by atoms with Crippen LogP contribution in [0.15, 0.2) is 30.5 Å². The van der Waals surface area contributed by atoms with Crippen LogP contribution in [0.5, 0.6) is 0 Å². The highest BCUT2D eigenvalue weighted by Gasteiger charge is 2.46. The van der Waals surface area contributed by atoms with Crippen molar-refractivity contribution >= 4 is 10.9 Å². The van der Waals surface area contributed by atoms with Crippen molar-refractivity contribution in [2.24, 2.45) is 5.41 Å². The fraction of sp³-hybridized carbons (Fsp3) is 0.467. The molecule has 96 valence electrons. The lowest BCUT2D eigenvalue weighted by molar-refractivity contribution is -0.0729.